The standard InChI is InChI=1S/C16H21N3/c1-4-7-14-15(13-9-6-8-12(3)10-13)18-11-19-16(14)17-5-2/h6,8-11H,4-5,7H2,1-3H3,(H,17,18,19). The molecule has 0 aliphatic carbocycles. The van der Waals surface area contributed by atoms with Crippen molar-refractivity contribution in [3.05, 3.63) is 41.7 Å². The molecule has 0 fully saturated rings. The van der Waals surface area contributed by atoms with Crippen molar-refractivity contribution in [3.63, 3.8) is 0 Å². The van der Waals surface area contributed by atoms with Crippen molar-refractivity contribution in [1.29, 1.82) is 0 Å². The van der Waals surface area contributed by atoms with Crippen LogP contribution in [0, 0.1) is 6.92 Å². The molecule has 1 aromatic heterocycles. The van der Waals surface area contributed by atoms with Crippen molar-refractivity contribution in [1.82, 2.24) is 9.97 Å². The number of rotatable bonds is 5. The van der Waals surface area contributed by atoms with Crippen molar-refractivity contribution in [3.8, 4) is 11.3 Å². The maximum absolute atomic E-state index is 4.50. The molecule has 2 rings (SSSR count). The summed E-state index contributed by atoms with van der Waals surface area (Å²) in [6, 6.07) is 8.48. The van der Waals surface area contributed by atoms with Gasteiger partial charge in [-0.15, -0.1) is 0 Å². The molecule has 0 aliphatic heterocycles. The van der Waals surface area contributed by atoms with Gasteiger partial charge in [-0.1, -0.05) is 37.1 Å². The summed E-state index contributed by atoms with van der Waals surface area (Å²) < 4.78 is 0. The molecule has 1 heterocycles. The molecule has 0 unspecified atom stereocenters. The maximum Gasteiger partial charge on any atom is 0.133 e. The number of benzene rings is 1. The lowest BCUT2D eigenvalue weighted by molar-refractivity contribution is 0.902. The highest BCUT2D eigenvalue weighted by Crippen LogP contribution is 2.27. The van der Waals surface area contributed by atoms with E-state index in [4.69, 9.17) is 0 Å². The molecule has 0 atom stereocenters. The van der Waals surface area contributed by atoms with Crippen molar-refractivity contribution >= 4 is 5.82 Å². The Bertz CT molecular complexity index is 549. The fraction of sp³-hybridized carbons (Fsp3) is 0.375. The molecular weight excluding hydrogens is 234 g/mol. The van der Waals surface area contributed by atoms with Crippen LogP contribution < -0.4 is 5.32 Å². The zero-order chi connectivity index (χ0) is 13.7. The van der Waals surface area contributed by atoms with E-state index in [1.54, 1.807) is 6.33 Å². The zero-order valence-electron chi connectivity index (χ0n) is 11.9. The lowest BCUT2D eigenvalue weighted by Gasteiger charge is -2.13. The summed E-state index contributed by atoms with van der Waals surface area (Å²) in [5.74, 6) is 0.968. The Morgan fingerprint density at radius 3 is 2.68 bits per heavy atom. The molecule has 100 valence electrons. The quantitative estimate of drug-likeness (QED) is 0.882. The van der Waals surface area contributed by atoms with E-state index in [9.17, 15) is 0 Å². The number of aromatic nitrogens is 2. The van der Waals surface area contributed by atoms with Crippen LogP contribution in [0.25, 0.3) is 11.3 Å². The molecule has 0 bridgehead atoms. The van der Waals surface area contributed by atoms with E-state index in [-0.39, 0.29) is 0 Å². The maximum atomic E-state index is 4.50. The minimum atomic E-state index is 0.876. The summed E-state index contributed by atoms with van der Waals surface area (Å²) in [6.07, 6.45) is 3.73. The average molecular weight is 255 g/mol. The number of nitrogens with one attached hydrogen (secondary N) is 1. The largest absolute Gasteiger partial charge is 0.370 e. The predicted molar refractivity (Wildman–Crippen MR) is 80.4 cm³/mol. The third kappa shape index (κ3) is 3.11. The van der Waals surface area contributed by atoms with Crippen molar-refractivity contribution < 1.29 is 0 Å². The summed E-state index contributed by atoms with van der Waals surface area (Å²) in [7, 11) is 0. The van der Waals surface area contributed by atoms with E-state index in [1.807, 2.05) is 0 Å². The monoisotopic (exact) mass is 255 g/mol. The lowest BCUT2D eigenvalue weighted by Crippen LogP contribution is -2.06. The number of hydrogen-bond acceptors (Lipinski definition) is 3. The van der Waals surface area contributed by atoms with Crippen LogP contribution in [0.15, 0.2) is 30.6 Å². The van der Waals surface area contributed by atoms with Gasteiger partial charge in [0.05, 0.1) is 5.69 Å². The third-order valence-electron chi connectivity index (χ3n) is 3.08. The first-order valence-electron chi connectivity index (χ1n) is 6.91. The highest BCUT2D eigenvalue weighted by molar-refractivity contribution is 5.68. The third-order valence-corrected chi connectivity index (χ3v) is 3.08. The molecular formula is C16H21N3. The fourth-order valence-electron chi connectivity index (χ4n) is 2.26. The summed E-state index contributed by atoms with van der Waals surface area (Å²) in [5.41, 5.74) is 4.70. The predicted octanol–water partition coefficient (Wildman–Crippen LogP) is 3.84. The van der Waals surface area contributed by atoms with E-state index < -0.39 is 0 Å². The Morgan fingerprint density at radius 2 is 2.00 bits per heavy atom. The molecule has 1 N–H and O–H groups in total. The van der Waals surface area contributed by atoms with Crippen molar-refractivity contribution in [2.24, 2.45) is 0 Å². The van der Waals surface area contributed by atoms with Crippen LogP contribution in [0.3, 0.4) is 0 Å². The molecule has 0 saturated carbocycles. The average Bonchev–Trinajstić information content (AvgIpc) is 2.41. The molecule has 2 aromatic rings. The van der Waals surface area contributed by atoms with E-state index in [0.717, 1.165) is 30.9 Å². The van der Waals surface area contributed by atoms with Crippen LogP contribution in [0.5, 0.6) is 0 Å². The van der Waals surface area contributed by atoms with Crippen molar-refractivity contribution in [2.75, 3.05) is 11.9 Å². The highest BCUT2D eigenvalue weighted by atomic mass is 15.0. The Morgan fingerprint density at radius 1 is 1.16 bits per heavy atom. The number of anilines is 1. The number of hydrogen-bond donors (Lipinski definition) is 1. The Balaban J connectivity index is 2.52. The van der Waals surface area contributed by atoms with Gasteiger partial charge in [0.2, 0.25) is 0 Å². The fourth-order valence-corrected chi connectivity index (χ4v) is 2.26. The van der Waals surface area contributed by atoms with Gasteiger partial charge in [0, 0.05) is 17.7 Å². The van der Waals surface area contributed by atoms with Gasteiger partial charge >= 0.3 is 0 Å². The second-order valence-electron chi connectivity index (χ2n) is 4.70. The Labute approximate surface area is 115 Å². The first-order valence-corrected chi connectivity index (χ1v) is 6.91. The van der Waals surface area contributed by atoms with Gasteiger partial charge in [0.25, 0.3) is 0 Å². The van der Waals surface area contributed by atoms with Gasteiger partial charge in [-0.25, -0.2) is 9.97 Å². The topological polar surface area (TPSA) is 37.8 Å². The minimum Gasteiger partial charge on any atom is -0.370 e. The summed E-state index contributed by atoms with van der Waals surface area (Å²) >= 11 is 0. The smallest absolute Gasteiger partial charge is 0.133 e. The van der Waals surface area contributed by atoms with E-state index >= 15 is 0 Å². The SMILES string of the molecule is CCCc1c(NCC)ncnc1-c1cccc(C)c1. The number of aryl methyl sites for hydroxylation is 1. The van der Waals surface area contributed by atoms with Gasteiger partial charge in [-0.05, 0) is 26.3 Å². The van der Waals surface area contributed by atoms with E-state index in [2.05, 4.69) is 60.3 Å². The molecule has 0 aliphatic rings. The van der Waals surface area contributed by atoms with Crippen LogP contribution in [-0.4, -0.2) is 16.5 Å². The number of nitrogens with zero attached hydrogens (tertiary/aromatic N) is 2. The normalized spacial score (nSPS) is 10.5. The second kappa shape index (κ2) is 6.32. The van der Waals surface area contributed by atoms with Crippen LogP contribution in [0.2, 0.25) is 0 Å². The molecule has 0 spiro atoms. The molecule has 3 heteroatoms. The van der Waals surface area contributed by atoms with Gasteiger partial charge in [-0.3, -0.25) is 0 Å². The molecule has 0 saturated heterocycles. The molecule has 1 aromatic carbocycles. The minimum absolute atomic E-state index is 0.876. The van der Waals surface area contributed by atoms with Crippen LogP contribution in [0.1, 0.15) is 31.4 Å². The molecule has 3 nitrogen and oxygen atoms in total. The second-order valence-corrected chi connectivity index (χ2v) is 4.70. The van der Waals surface area contributed by atoms with Crippen LogP contribution in [-0.2, 0) is 6.42 Å². The first kappa shape index (κ1) is 13.5. The zero-order valence-corrected chi connectivity index (χ0v) is 11.9. The summed E-state index contributed by atoms with van der Waals surface area (Å²) in [5, 5.41) is 3.33. The Hall–Kier alpha value is -1.90. The van der Waals surface area contributed by atoms with Crippen LogP contribution >= 0.6 is 0 Å². The lowest BCUT2D eigenvalue weighted by atomic mass is 10.0. The molecule has 0 amide bonds. The molecule has 0 radical (unpaired) electrons. The first-order chi connectivity index (χ1) is 9.26. The summed E-state index contributed by atoms with van der Waals surface area (Å²) in [6.45, 7) is 7.25. The van der Waals surface area contributed by atoms with Gasteiger partial charge < -0.3 is 5.32 Å². The van der Waals surface area contributed by atoms with Crippen LogP contribution in [0.4, 0.5) is 5.82 Å². The Kier molecular flexibility index (Phi) is 4.50. The van der Waals surface area contributed by atoms with Gasteiger partial charge in [-0.2, -0.15) is 0 Å². The highest BCUT2D eigenvalue weighted by Gasteiger charge is 2.11. The summed E-state index contributed by atoms with van der Waals surface area (Å²) in [4.78, 5) is 8.87. The van der Waals surface area contributed by atoms with Gasteiger partial charge in [0.1, 0.15) is 12.1 Å². The molecule has 19 heavy (non-hydrogen) atoms. The van der Waals surface area contributed by atoms with Gasteiger partial charge in [0.15, 0.2) is 0 Å². The van der Waals surface area contributed by atoms with E-state index in [0.29, 0.717) is 0 Å². The van der Waals surface area contributed by atoms with Crippen molar-refractivity contribution in [2.45, 2.75) is 33.6 Å². The van der Waals surface area contributed by atoms with E-state index in [1.165, 1.54) is 16.7 Å².